The van der Waals surface area contributed by atoms with Crippen LogP contribution in [0, 0.1) is 47.3 Å². The van der Waals surface area contributed by atoms with E-state index >= 15 is 17.6 Å². The molecule has 0 atom stereocenters. The van der Waals surface area contributed by atoms with Crippen molar-refractivity contribution in [2.75, 3.05) is 0 Å². The summed E-state index contributed by atoms with van der Waals surface area (Å²) in [6.07, 6.45) is 8.72. The van der Waals surface area contributed by atoms with Gasteiger partial charge < -0.3 is 9.47 Å². The molecule has 8 rings (SSSR count). The van der Waals surface area contributed by atoms with Gasteiger partial charge in [0.15, 0.2) is 0 Å². The Morgan fingerprint density at radius 3 is 1.37 bits per heavy atom. The second-order valence-corrected chi connectivity index (χ2v) is 13.0. The monoisotopic (exact) mass is 500 g/mol. The maximum atomic E-state index is 15.1. The van der Waals surface area contributed by atoms with Crippen molar-refractivity contribution in [1.29, 1.82) is 0 Å². The van der Waals surface area contributed by atoms with Crippen molar-refractivity contribution in [3.63, 3.8) is 0 Å². The van der Waals surface area contributed by atoms with Gasteiger partial charge in [-0.2, -0.15) is 17.6 Å². The molecule has 0 amide bonds. The molecule has 8 saturated carbocycles. The molecule has 8 aliphatic carbocycles. The molecule has 35 heavy (non-hydrogen) atoms. The van der Waals surface area contributed by atoms with Crippen LogP contribution in [-0.2, 0) is 19.1 Å². The smallest absolute Gasteiger partial charge is 0.415 e. The first kappa shape index (κ1) is 24.0. The minimum atomic E-state index is -5.29. The van der Waals surface area contributed by atoms with Crippen molar-refractivity contribution in [3.8, 4) is 0 Å². The van der Waals surface area contributed by atoms with Gasteiger partial charge in [-0.3, -0.25) is 0 Å². The number of halogens is 4. The summed E-state index contributed by atoms with van der Waals surface area (Å²) < 4.78 is 70.9. The van der Waals surface area contributed by atoms with Gasteiger partial charge in [-0.15, -0.1) is 0 Å². The van der Waals surface area contributed by atoms with Crippen LogP contribution in [0.1, 0.15) is 84.5 Å². The molecular formula is C27H36F4O4. The Labute approximate surface area is 203 Å². The van der Waals surface area contributed by atoms with Crippen LogP contribution in [-0.4, -0.2) is 35.0 Å². The van der Waals surface area contributed by atoms with Crippen LogP contribution in [0.5, 0.6) is 0 Å². The van der Waals surface area contributed by atoms with Crippen LogP contribution in [0.25, 0.3) is 0 Å². The maximum absolute atomic E-state index is 15.1. The summed E-state index contributed by atoms with van der Waals surface area (Å²) in [6, 6.07) is 0. The Hall–Kier alpha value is -1.34. The Kier molecular flexibility index (Phi) is 5.21. The van der Waals surface area contributed by atoms with Gasteiger partial charge in [0.05, 0.1) is 0 Å². The molecule has 0 aromatic rings. The van der Waals surface area contributed by atoms with Gasteiger partial charge in [0, 0.05) is 0 Å². The molecule has 0 unspecified atom stereocenters. The number of alkyl halides is 4. The Morgan fingerprint density at radius 2 is 1.00 bits per heavy atom. The molecular weight excluding hydrogens is 464 g/mol. The van der Waals surface area contributed by atoms with Crippen LogP contribution in [0.2, 0.25) is 0 Å². The highest BCUT2D eigenvalue weighted by atomic mass is 19.3. The number of carbonyl (C=O) groups excluding carboxylic acids is 2. The lowest BCUT2D eigenvalue weighted by Crippen LogP contribution is -2.64. The van der Waals surface area contributed by atoms with E-state index in [9.17, 15) is 9.59 Å². The minimum absolute atomic E-state index is 0.0870. The van der Waals surface area contributed by atoms with Crippen molar-refractivity contribution in [2.45, 2.75) is 108 Å². The fraction of sp³-hybridized carbons (Fsp3) is 0.926. The molecule has 0 saturated heterocycles. The van der Waals surface area contributed by atoms with Crippen molar-refractivity contribution in [1.82, 2.24) is 0 Å². The number of esters is 2. The molecule has 0 radical (unpaired) electrons. The lowest BCUT2D eigenvalue weighted by molar-refractivity contribution is -0.271. The fourth-order valence-corrected chi connectivity index (χ4v) is 9.84. The second kappa shape index (κ2) is 7.59. The molecule has 8 heteroatoms. The molecule has 0 heterocycles. The third-order valence-corrected chi connectivity index (χ3v) is 11.3. The molecule has 0 aromatic heterocycles. The Morgan fingerprint density at radius 1 is 0.657 bits per heavy atom. The van der Waals surface area contributed by atoms with Gasteiger partial charge in [0.2, 0.25) is 0 Å². The molecule has 8 bridgehead atoms. The second-order valence-electron chi connectivity index (χ2n) is 13.0. The molecule has 4 nitrogen and oxygen atoms in total. The van der Waals surface area contributed by atoms with Crippen LogP contribution in [0.4, 0.5) is 17.6 Å². The molecule has 0 N–H and O–H groups in total. The minimum Gasteiger partial charge on any atom is -0.454 e. The number of hydrogen-bond acceptors (Lipinski definition) is 4. The largest absolute Gasteiger partial charge is 0.454 e. The molecule has 0 aromatic carbocycles. The van der Waals surface area contributed by atoms with E-state index in [1.54, 1.807) is 13.8 Å². The van der Waals surface area contributed by atoms with Gasteiger partial charge in [-0.25, -0.2) is 9.59 Å². The third-order valence-electron chi connectivity index (χ3n) is 11.3. The highest BCUT2D eigenvalue weighted by Gasteiger charge is 2.72. The van der Waals surface area contributed by atoms with Crippen LogP contribution >= 0.6 is 0 Å². The topological polar surface area (TPSA) is 52.6 Å². The maximum Gasteiger partial charge on any atom is 0.415 e. The van der Waals surface area contributed by atoms with Crippen molar-refractivity contribution in [2.24, 2.45) is 47.3 Å². The fourth-order valence-electron chi connectivity index (χ4n) is 9.84. The van der Waals surface area contributed by atoms with Crippen LogP contribution < -0.4 is 0 Å². The quantitative estimate of drug-likeness (QED) is 0.324. The predicted octanol–water partition coefficient (Wildman–Crippen LogP) is 6.16. The van der Waals surface area contributed by atoms with Gasteiger partial charge in [0.25, 0.3) is 0 Å². The van der Waals surface area contributed by atoms with E-state index in [0.717, 1.165) is 64.2 Å². The first-order valence-electron chi connectivity index (χ1n) is 13.6. The molecule has 8 aliphatic rings. The first-order chi connectivity index (χ1) is 16.4. The predicted molar refractivity (Wildman–Crippen MR) is 118 cm³/mol. The lowest BCUT2D eigenvalue weighted by atomic mass is 9.49. The number of hydrogen-bond donors (Lipinski definition) is 0. The molecule has 196 valence electrons. The molecule has 8 fully saturated rings. The number of ether oxygens (including phenoxy) is 2. The van der Waals surface area contributed by atoms with Crippen LogP contribution in [0.15, 0.2) is 0 Å². The average molecular weight is 501 g/mol. The standard InChI is InChI=1S/C27H36F4O4/c1-3-25(20-10-16-5-17(12-20)13-21(25)11-16)35-23(33)27(30,31)26(28,29)22(32)34-24(2)18-6-14-4-15(8-18)9-19(24)7-14/h14-21H,3-13H2,1-2H3. The first-order valence-corrected chi connectivity index (χ1v) is 13.6. The summed E-state index contributed by atoms with van der Waals surface area (Å²) in [6.45, 7) is 3.39. The number of carbonyl (C=O) groups is 2. The van der Waals surface area contributed by atoms with Gasteiger partial charge in [-0.05, 0) is 125 Å². The van der Waals surface area contributed by atoms with Crippen molar-refractivity contribution in [3.05, 3.63) is 0 Å². The van der Waals surface area contributed by atoms with E-state index in [1.165, 1.54) is 0 Å². The van der Waals surface area contributed by atoms with E-state index in [2.05, 4.69) is 0 Å². The van der Waals surface area contributed by atoms with Crippen molar-refractivity contribution >= 4 is 11.9 Å². The Balaban J connectivity index is 1.20. The summed E-state index contributed by atoms with van der Waals surface area (Å²) in [7, 11) is 0. The van der Waals surface area contributed by atoms with Crippen molar-refractivity contribution < 1.29 is 36.6 Å². The summed E-state index contributed by atoms with van der Waals surface area (Å²) in [4.78, 5) is 25.4. The van der Waals surface area contributed by atoms with Crippen LogP contribution in [0.3, 0.4) is 0 Å². The highest BCUT2D eigenvalue weighted by molar-refractivity contribution is 5.90. The van der Waals surface area contributed by atoms with E-state index in [1.807, 2.05) is 0 Å². The zero-order valence-electron chi connectivity index (χ0n) is 20.5. The summed E-state index contributed by atoms with van der Waals surface area (Å²) in [5, 5.41) is 0. The summed E-state index contributed by atoms with van der Waals surface area (Å²) >= 11 is 0. The summed E-state index contributed by atoms with van der Waals surface area (Å²) in [5.41, 5.74) is -2.35. The SMILES string of the molecule is CCC1(OC(=O)C(F)(F)C(F)(F)C(=O)OC2(C)C3CC4CC(C3)CC2C4)C2CC3CC(C2)CC1C3. The third kappa shape index (κ3) is 3.29. The normalized spacial score (nSPS) is 47.7. The zero-order valence-corrected chi connectivity index (χ0v) is 20.5. The Bertz CT molecular complexity index is 859. The molecule has 0 spiro atoms. The lowest BCUT2D eigenvalue weighted by Gasteiger charge is -2.60. The average Bonchev–Trinajstić information content (AvgIpc) is 2.78. The molecule has 0 aliphatic heterocycles. The zero-order chi connectivity index (χ0) is 25.0. The summed E-state index contributed by atoms with van der Waals surface area (Å²) in [5.74, 6) is -13.6. The number of rotatable bonds is 6. The van der Waals surface area contributed by atoms with E-state index in [4.69, 9.17) is 9.47 Å². The van der Waals surface area contributed by atoms with E-state index in [-0.39, 0.29) is 23.7 Å². The van der Waals surface area contributed by atoms with Gasteiger partial charge in [0.1, 0.15) is 11.2 Å². The van der Waals surface area contributed by atoms with E-state index < -0.39 is 35.0 Å². The van der Waals surface area contributed by atoms with Gasteiger partial charge >= 0.3 is 23.8 Å². The highest BCUT2D eigenvalue weighted by Crippen LogP contribution is 2.62. The van der Waals surface area contributed by atoms with Gasteiger partial charge in [-0.1, -0.05) is 6.92 Å². The van der Waals surface area contributed by atoms with E-state index in [0.29, 0.717) is 30.1 Å².